The number of carbonyl (C=O) groups is 1. The van der Waals surface area contributed by atoms with Gasteiger partial charge < -0.3 is 5.32 Å². The molecule has 1 heterocycles. The number of hydrogen-bond donors (Lipinski definition) is 1. The number of halogens is 1. The molecular formula is C28H33FN2O3S. The summed E-state index contributed by atoms with van der Waals surface area (Å²) in [4.78, 5) is 13.1. The van der Waals surface area contributed by atoms with Crippen molar-refractivity contribution in [3.05, 3.63) is 59.9 Å². The van der Waals surface area contributed by atoms with Gasteiger partial charge in [0.1, 0.15) is 5.82 Å². The van der Waals surface area contributed by atoms with Gasteiger partial charge in [-0.3, -0.25) is 4.79 Å². The molecule has 35 heavy (non-hydrogen) atoms. The third-order valence-corrected chi connectivity index (χ3v) is 10.9. The van der Waals surface area contributed by atoms with E-state index in [9.17, 15) is 17.6 Å². The van der Waals surface area contributed by atoms with E-state index in [4.69, 9.17) is 0 Å². The van der Waals surface area contributed by atoms with E-state index in [2.05, 4.69) is 17.4 Å². The van der Waals surface area contributed by atoms with Gasteiger partial charge in [-0.1, -0.05) is 12.1 Å². The first kappa shape index (κ1) is 23.2. The molecule has 5 nitrogen and oxygen atoms in total. The average molecular weight is 497 g/mol. The summed E-state index contributed by atoms with van der Waals surface area (Å²) in [6.07, 6.45) is 9.45. The number of sulfonamides is 1. The first-order valence-electron chi connectivity index (χ1n) is 13.0. The highest BCUT2D eigenvalue weighted by molar-refractivity contribution is 7.89. The number of amides is 1. The third-order valence-electron chi connectivity index (χ3n) is 9.01. The molecule has 1 atom stereocenters. The van der Waals surface area contributed by atoms with Crippen LogP contribution in [0.15, 0.2) is 53.4 Å². The molecule has 0 unspecified atom stereocenters. The van der Waals surface area contributed by atoms with Crippen LogP contribution in [0, 0.1) is 29.5 Å². The minimum absolute atomic E-state index is 0.0558. The van der Waals surface area contributed by atoms with E-state index < -0.39 is 21.8 Å². The summed E-state index contributed by atoms with van der Waals surface area (Å²) in [7, 11) is -3.76. The van der Waals surface area contributed by atoms with Crippen molar-refractivity contribution in [2.75, 3.05) is 18.4 Å². The SMILES string of the molecule is O=C(Nc1ccc(C23CC4CC(CC(C4)C2)C3)cc1)[C@@H]1CCCN(S(=O)(=O)c2ccc(F)cc2)C1. The minimum Gasteiger partial charge on any atom is -0.326 e. The smallest absolute Gasteiger partial charge is 0.243 e. The van der Waals surface area contributed by atoms with Gasteiger partial charge in [0.05, 0.1) is 10.8 Å². The van der Waals surface area contributed by atoms with Crippen LogP contribution < -0.4 is 5.32 Å². The van der Waals surface area contributed by atoms with Crippen molar-refractivity contribution in [1.29, 1.82) is 0 Å². The third kappa shape index (κ3) is 4.31. The zero-order chi connectivity index (χ0) is 24.2. The zero-order valence-electron chi connectivity index (χ0n) is 20.0. The van der Waals surface area contributed by atoms with Gasteiger partial charge in [-0.05, 0) is 116 Å². The van der Waals surface area contributed by atoms with Crippen LogP contribution in [0.5, 0.6) is 0 Å². The van der Waals surface area contributed by atoms with E-state index in [0.717, 1.165) is 35.6 Å². The highest BCUT2D eigenvalue weighted by Gasteiger charge is 2.51. The van der Waals surface area contributed by atoms with Crippen molar-refractivity contribution in [2.24, 2.45) is 23.7 Å². The Morgan fingerprint density at radius 1 is 0.914 bits per heavy atom. The molecule has 186 valence electrons. The second kappa shape index (κ2) is 8.70. The predicted octanol–water partition coefficient (Wildman–Crippen LogP) is 5.33. The Bertz CT molecular complexity index is 1170. The second-order valence-electron chi connectivity index (χ2n) is 11.4. The van der Waals surface area contributed by atoms with E-state index in [-0.39, 0.29) is 17.3 Å². The van der Waals surface area contributed by atoms with Crippen LogP contribution in [-0.4, -0.2) is 31.7 Å². The lowest BCUT2D eigenvalue weighted by atomic mass is 9.48. The number of carbonyl (C=O) groups excluding carboxylic acids is 1. The number of anilines is 1. The molecule has 2 aromatic carbocycles. The fourth-order valence-electron chi connectivity index (χ4n) is 7.75. The molecule has 0 spiro atoms. The number of nitrogens with zero attached hydrogens (tertiary/aromatic N) is 1. The van der Waals surface area contributed by atoms with Gasteiger partial charge in [0.25, 0.3) is 0 Å². The Morgan fingerprint density at radius 2 is 1.51 bits per heavy atom. The summed E-state index contributed by atoms with van der Waals surface area (Å²) in [5.41, 5.74) is 2.52. The van der Waals surface area contributed by atoms with Crippen LogP contribution in [0.1, 0.15) is 56.9 Å². The molecule has 2 aromatic rings. The van der Waals surface area contributed by atoms with Crippen molar-refractivity contribution < 1.29 is 17.6 Å². The standard InChI is InChI=1S/C28H33FN2O3S/c29-24-5-9-26(10-6-24)35(33,34)31-11-1-2-22(18-31)27(32)30-25-7-3-23(4-8-25)28-15-19-12-20(16-28)14-21(13-19)17-28/h3-10,19-22H,1-2,11-18H2,(H,30,32)/t19?,20?,21?,22-,28?/m1/s1. The molecule has 7 heteroatoms. The highest BCUT2D eigenvalue weighted by Crippen LogP contribution is 2.60. The summed E-state index contributed by atoms with van der Waals surface area (Å²) in [5.74, 6) is 1.63. The van der Waals surface area contributed by atoms with Crippen molar-refractivity contribution in [3.63, 3.8) is 0 Å². The number of hydrogen-bond acceptors (Lipinski definition) is 3. The molecule has 1 amide bonds. The maximum atomic E-state index is 13.2. The lowest BCUT2D eigenvalue weighted by molar-refractivity contribution is -0.120. The quantitative estimate of drug-likeness (QED) is 0.608. The highest BCUT2D eigenvalue weighted by atomic mass is 32.2. The van der Waals surface area contributed by atoms with Crippen LogP contribution in [0.3, 0.4) is 0 Å². The Balaban J connectivity index is 1.12. The Morgan fingerprint density at radius 3 is 2.11 bits per heavy atom. The Kier molecular flexibility index (Phi) is 5.76. The second-order valence-corrected chi connectivity index (χ2v) is 13.4. The molecule has 5 aliphatic rings. The predicted molar refractivity (Wildman–Crippen MR) is 133 cm³/mol. The van der Waals surface area contributed by atoms with E-state index in [1.165, 1.54) is 60.5 Å². The van der Waals surface area contributed by atoms with E-state index >= 15 is 0 Å². The number of piperidine rings is 1. The summed E-state index contributed by atoms with van der Waals surface area (Å²) < 4.78 is 40.6. The van der Waals surface area contributed by atoms with Gasteiger partial charge in [-0.15, -0.1) is 0 Å². The first-order chi connectivity index (χ1) is 16.8. The maximum absolute atomic E-state index is 13.2. The van der Waals surface area contributed by atoms with Crippen LogP contribution in [0.4, 0.5) is 10.1 Å². The summed E-state index contributed by atoms with van der Waals surface area (Å²) in [6, 6.07) is 13.3. The van der Waals surface area contributed by atoms with Crippen LogP contribution in [-0.2, 0) is 20.2 Å². The Labute approximate surface area is 207 Å². The summed E-state index contributed by atoms with van der Waals surface area (Å²) in [6.45, 7) is 0.500. The Hall–Kier alpha value is -2.25. The van der Waals surface area contributed by atoms with Crippen molar-refractivity contribution >= 4 is 21.6 Å². The van der Waals surface area contributed by atoms with Gasteiger partial charge in [0.2, 0.25) is 15.9 Å². The largest absolute Gasteiger partial charge is 0.326 e. The van der Waals surface area contributed by atoms with Gasteiger partial charge >= 0.3 is 0 Å². The van der Waals surface area contributed by atoms with Gasteiger partial charge in [0.15, 0.2) is 0 Å². The fraction of sp³-hybridized carbons (Fsp3) is 0.536. The molecule has 4 bridgehead atoms. The van der Waals surface area contributed by atoms with E-state index in [1.54, 1.807) is 0 Å². The minimum atomic E-state index is -3.76. The molecule has 5 fully saturated rings. The molecule has 4 aliphatic carbocycles. The van der Waals surface area contributed by atoms with Gasteiger partial charge in [-0.2, -0.15) is 4.31 Å². The monoisotopic (exact) mass is 496 g/mol. The van der Waals surface area contributed by atoms with Crippen LogP contribution in [0.25, 0.3) is 0 Å². The van der Waals surface area contributed by atoms with Gasteiger partial charge in [0, 0.05) is 18.8 Å². The van der Waals surface area contributed by atoms with Gasteiger partial charge in [-0.25, -0.2) is 12.8 Å². The lowest BCUT2D eigenvalue weighted by Gasteiger charge is -2.57. The molecule has 1 N–H and O–H groups in total. The summed E-state index contributed by atoms with van der Waals surface area (Å²) in [5, 5.41) is 3.02. The first-order valence-corrected chi connectivity index (χ1v) is 14.4. The van der Waals surface area contributed by atoms with Crippen LogP contribution in [0.2, 0.25) is 0 Å². The average Bonchev–Trinajstić information content (AvgIpc) is 2.84. The fourth-order valence-corrected chi connectivity index (χ4v) is 9.27. The molecule has 0 radical (unpaired) electrons. The molecule has 1 aliphatic heterocycles. The molecule has 0 aromatic heterocycles. The molecule has 1 saturated heterocycles. The van der Waals surface area contributed by atoms with Crippen LogP contribution >= 0.6 is 0 Å². The topological polar surface area (TPSA) is 66.5 Å². The van der Waals surface area contributed by atoms with Crippen molar-refractivity contribution in [1.82, 2.24) is 4.31 Å². The van der Waals surface area contributed by atoms with Crippen molar-refractivity contribution in [3.8, 4) is 0 Å². The zero-order valence-corrected chi connectivity index (χ0v) is 20.8. The van der Waals surface area contributed by atoms with Crippen molar-refractivity contribution in [2.45, 2.75) is 61.7 Å². The van der Waals surface area contributed by atoms with E-state index in [1.807, 2.05) is 12.1 Å². The number of nitrogens with one attached hydrogen (secondary N) is 1. The lowest BCUT2D eigenvalue weighted by Crippen LogP contribution is -2.48. The summed E-state index contributed by atoms with van der Waals surface area (Å²) >= 11 is 0. The molecular weight excluding hydrogens is 463 g/mol. The number of rotatable bonds is 5. The van der Waals surface area contributed by atoms with E-state index in [0.29, 0.717) is 24.8 Å². The normalized spacial score (nSPS) is 32.5. The molecule has 4 saturated carbocycles. The number of benzene rings is 2. The molecule has 7 rings (SSSR count). The maximum Gasteiger partial charge on any atom is 0.243 e.